The summed E-state index contributed by atoms with van der Waals surface area (Å²) in [5.74, 6) is -0.586. The van der Waals surface area contributed by atoms with E-state index in [1.807, 2.05) is 61.5 Å². The van der Waals surface area contributed by atoms with E-state index in [1.54, 1.807) is 17.2 Å². The molecule has 2 amide bonds. The molecule has 3 rings (SSSR count). The molecule has 0 unspecified atom stereocenters. The number of nitrogens with one attached hydrogen (secondary N) is 1. The third kappa shape index (κ3) is 3.83. The lowest BCUT2D eigenvalue weighted by Crippen LogP contribution is -2.33. The van der Waals surface area contributed by atoms with Gasteiger partial charge < -0.3 is 10.2 Å². The average Bonchev–Trinajstić information content (AvgIpc) is 2.63. The zero-order chi connectivity index (χ0) is 17.6. The third-order valence-electron chi connectivity index (χ3n) is 3.90. The van der Waals surface area contributed by atoms with Crippen LogP contribution >= 0.6 is 0 Å². The van der Waals surface area contributed by atoms with Crippen molar-refractivity contribution >= 4 is 34.1 Å². The molecule has 1 heterocycles. The summed E-state index contributed by atoms with van der Waals surface area (Å²) in [4.78, 5) is 30.7. The molecule has 1 N–H and O–H groups in total. The number of benzene rings is 2. The Bertz CT molecular complexity index is 888. The van der Waals surface area contributed by atoms with Crippen LogP contribution in [-0.2, 0) is 9.59 Å². The van der Waals surface area contributed by atoms with E-state index in [2.05, 4.69) is 10.3 Å². The average molecular weight is 333 g/mol. The second kappa shape index (κ2) is 7.57. The fourth-order valence-corrected chi connectivity index (χ4v) is 2.74. The van der Waals surface area contributed by atoms with E-state index in [0.29, 0.717) is 17.7 Å². The minimum Gasteiger partial charge on any atom is -0.324 e. The molecule has 5 heteroatoms. The van der Waals surface area contributed by atoms with Crippen molar-refractivity contribution in [2.45, 2.75) is 13.3 Å². The van der Waals surface area contributed by atoms with Gasteiger partial charge in [-0.3, -0.25) is 14.6 Å². The van der Waals surface area contributed by atoms with Crippen LogP contribution in [0.1, 0.15) is 13.3 Å². The number of hydrogen-bond acceptors (Lipinski definition) is 3. The number of carbonyl (C=O) groups excluding carboxylic acids is 2. The number of nitrogens with zero attached hydrogens (tertiary/aromatic N) is 2. The maximum absolute atomic E-state index is 12.5. The Kier molecular flexibility index (Phi) is 5.04. The van der Waals surface area contributed by atoms with Crippen LogP contribution in [0.2, 0.25) is 0 Å². The van der Waals surface area contributed by atoms with Crippen LogP contribution in [-0.4, -0.2) is 23.3 Å². The smallest absolute Gasteiger partial charge is 0.236 e. The first-order valence-corrected chi connectivity index (χ1v) is 8.18. The number of amides is 2. The first-order chi connectivity index (χ1) is 12.2. The van der Waals surface area contributed by atoms with Gasteiger partial charge in [0.2, 0.25) is 11.8 Å². The largest absolute Gasteiger partial charge is 0.324 e. The molecular formula is C20H19N3O2. The zero-order valence-electron chi connectivity index (χ0n) is 14.0. The van der Waals surface area contributed by atoms with E-state index in [0.717, 1.165) is 11.1 Å². The number of aromatic nitrogens is 1. The molecular weight excluding hydrogens is 314 g/mol. The Labute approximate surface area is 146 Å². The van der Waals surface area contributed by atoms with Crippen LogP contribution in [0.25, 0.3) is 10.9 Å². The molecule has 0 atom stereocenters. The van der Waals surface area contributed by atoms with Gasteiger partial charge in [-0.05, 0) is 31.2 Å². The molecule has 0 aliphatic rings. The van der Waals surface area contributed by atoms with E-state index in [1.165, 1.54) is 0 Å². The Morgan fingerprint density at radius 2 is 1.76 bits per heavy atom. The molecule has 0 saturated heterocycles. The number of fused-ring (bicyclic) bond motifs is 1. The summed E-state index contributed by atoms with van der Waals surface area (Å²) in [5.41, 5.74) is 2.11. The first kappa shape index (κ1) is 16.6. The number of pyridine rings is 1. The summed E-state index contributed by atoms with van der Waals surface area (Å²) in [6.07, 6.45) is 1.46. The lowest BCUT2D eigenvalue weighted by molar-refractivity contribution is -0.125. The van der Waals surface area contributed by atoms with Gasteiger partial charge >= 0.3 is 0 Å². The van der Waals surface area contributed by atoms with Crippen molar-refractivity contribution in [2.75, 3.05) is 16.8 Å². The van der Waals surface area contributed by atoms with E-state index in [9.17, 15) is 9.59 Å². The number of rotatable bonds is 5. The van der Waals surface area contributed by atoms with Crippen molar-refractivity contribution < 1.29 is 9.59 Å². The highest BCUT2D eigenvalue weighted by Gasteiger charge is 2.18. The van der Waals surface area contributed by atoms with Crippen molar-refractivity contribution in [3.63, 3.8) is 0 Å². The van der Waals surface area contributed by atoms with Crippen LogP contribution in [0.15, 0.2) is 66.9 Å². The standard InChI is InChI=1S/C20H19N3O2/c1-2-23(16-10-4-3-5-11-16)19(25)14-18(24)22-17-12-6-8-15-9-7-13-21-20(15)17/h3-13H,2,14H2,1H3,(H,22,24). The fourth-order valence-electron chi connectivity index (χ4n) is 2.74. The Morgan fingerprint density at radius 3 is 2.52 bits per heavy atom. The summed E-state index contributed by atoms with van der Waals surface area (Å²) in [5, 5.41) is 3.73. The molecule has 0 fully saturated rings. The SMILES string of the molecule is CCN(C(=O)CC(=O)Nc1cccc2cccnc12)c1ccccc1. The Hall–Kier alpha value is -3.21. The monoisotopic (exact) mass is 333 g/mol. The van der Waals surface area contributed by atoms with Gasteiger partial charge in [-0.1, -0.05) is 36.4 Å². The van der Waals surface area contributed by atoms with Crippen LogP contribution in [0.5, 0.6) is 0 Å². The van der Waals surface area contributed by atoms with Gasteiger partial charge in [0.25, 0.3) is 0 Å². The van der Waals surface area contributed by atoms with Gasteiger partial charge in [0.1, 0.15) is 6.42 Å². The highest BCUT2D eigenvalue weighted by atomic mass is 16.2. The van der Waals surface area contributed by atoms with E-state index >= 15 is 0 Å². The van der Waals surface area contributed by atoms with Crippen LogP contribution in [0.3, 0.4) is 0 Å². The molecule has 0 radical (unpaired) electrons. The Balaban J connectivity index is 1.72. The fraction of sp³-hybridized carbons (Fsp3) is 0.150. The number of anilines is 2. The maximum atomic E-state index is 12.5. The number of para-hydroxylation sites is 2. The molecule has 0 spiro atoms. The van der Waals surface area contributed by atoms with E-state index in [-0.39, 0.29) is 18.2 Å². The second-order valence-electron chi connectivity index (χ2n) is 5.58. The summed E-state index contributed by atoms with van der Waals surface area (Å²) < 4.78 is 0. The zero-order valence-corrected chi connectivity index (χ0v) is 14.0. The van der Waals surface area contributed by atoms with E-state index < -0.39 is 0 Å². The molecule has 1 aromatic heterocycles. The highest BCUT2D eigenvalue weighted by molar-refractivity contribution is 6.10. The van der Waals surface area contributed by atoms with Gasteiger partial charge in [-0.2, -0.15) is 0 Å². The summed E-state index contributed by atoms with van der Waals surface area (Å²) in [6.45, 7) is 2.39. The van der Waals surface area contributed by atoms with Gasteiger partial charge in [-0.15, -0.1) is 0 Å². The molecule has 5 nitrogen and oxygen atoms in total. The van der Waals surface area contributed by atoms with Crippen molar-refractivity contribution in [3.8, 4) is 0 Å². The minimum absolute atomic E-state index is 0.216. The number of carbonyl (C=O) groups is 2. The lowest BCUT2D eigenvalue weighted by atomic mass is 10.2. The Morgan fingerprint density at radius 1 is 1.00 bits per heavy atom. The van der Waals surface area contributed by atoms with Gasteiger partial charge in [0.05, 0.1) is 11.2 Å². The predicted molar refractivity (Wildman–Crippen MR) is 99.5 cm³/mol. The normalized spacial score (nSPS) is 10.4. The molecule has 25 heavy (non-hydrogen) atoms. The minimum atomic E-state index is -0.350. The summed E-state index contributed by atoms with van der Waals surface area (Å²) in [6, 6.07) is 18.7. The predicted octanol–water partition coefficient (Wildman–Crippen LogP) is 3.62. The van der Waals surface area contributed by atoms with E-state index in [4.69, 9.17) is 0 Å². The molecule has 2 aromatic carbocycles. The van der Waals surface area contributed by atoms with Crippen LogP contribution in [0, 0.1) is 0 Å². The van der Waals surface area contributed by atoms with Crippen LogP contribution in [0.4, 0.5) is 11.4 Å². The van der Waals surface area contributed by atoms with Crippen LogP contribution < -0.4 is 10.2 Å². The summed E-state index contributed by atoms with van der Waals surface area (Å²) >= 11 is 0. The second-order valence-corrected chi connectivity index (χ2v) is 5.58. The quantitative estimate of drug-likeness (QED) is 0.726. The number of hydrogen-bond donors (Lipinski definition) is 1. The van der Waals surface area contributed by atoms with Crippen molar-refractivity contribution in [1.82, 2.24) is 4.98 Å². The van der Waals surface area contributed by atoms with Crippen molar-refractivity contribution in [2.24, 2.45) is 0 Å². The van der Waals surface area contributed by atoms with Crippen molar-refractivity contribution in [3.05, 3.63) is 66.9 Å². The first-order valence-electron chi connectivity index (χ1n) is 8.18. The maximum Gasteiger partial charge on any atom is 0.236 e. The van der Waals surface area contributed by atoms with Gasteiger partial charge in [-0.25, -0.2) is 0 Å². The molecule has 3 aromatic rings. The molecule has 126 valence electrons. The summed E-state index contributed by atoms with van der Waals surface area (Å²) in [7, 11) is 0. The molecule has 0 aliphatic heterocycles. The third-order valence-corrected chi connectivity index (χ3v) is 3.90. The van der Waals surface area contributed by atoms with Crippen molar-refractivity contribution in [1.29, 1.82) is 0 Å². The highest BCUT2D eigenvalue weighted by Crippen LogP contribution is 2.21. The molecule has 0 saturated carbocycles. The lowest BCUT2D eigenvalue weighted by Gasteiger charge is -2.20. The molecule has 0 bridgehead atoms. The van der Waals surface area contributed by atoms with Gasteiger partial charge in [0, 0.05) is 23.8 Å². The molecule has 0 aliphatic carbocycles. The van der Waals surface area contributed by atoms with Gasteiger partial charge in [0.15, 0.2) is 0 Å². The topological polar surface area (TPSA) is 62.3 Å².